The molecule has 0 aliphatic heterocycles. The molecule has 0 fully saturated rings. The third-order valence-electron chi connectivity index (χ3n) is 5.90. The Morgan fingerprint density at radius 2 is 2.03 bits per heavy atom. The first-order valence-corrected chi connectivity index (χ1v) is 12.5. The van der Waals surface area contributed by atoms with Gasteiger partial charge in [-0.2, -0.15) is 0 Å². The maximum atomic E-state index is 9.06. The molecule has 1 unspecified atom stereocenters. The molecule has 37 heavy (non-hydrogen) atoms. The van der Waals surface area contributed by atoms with E-state index in [0.29, 0.717) is 34.2 Å². The van der Waals surface area contributed by atoms with Crippen LogP contribution in [0.3, 0.4) is 0 Å². The Morgan fingerprint density at radius 1 is 1.22 bits per heavy atom. The van der Waals surface area contributed by atoms with Crippen LogP contribution in [0.15, 0.2) is 80.8 Å². The predicted molar refractivity (Wildman–Crippen MR) is 157 cm³/mol. The van der Waals surface area contributed by atoms with Gasteiger partial charge in [-0.25, -0.2) is 9.97 Å². The van der Waals surface area contributed by atoms with Crippen LogP contribution in [0.5, 0.6) is 0 Å². The summed E-state index contributed by atoms with van der Waals surface area (Å²) in [6, 6.07) is 11.1. The lowest BCUT2D eigenvalue weighted by Crippen LogP contribution is -2.32. The lowest BCUT2D eigenvalue weighted by atomic mass is 9.97. The van der Waals surface area contributed by atoms with E-state index < -0.39 is 0 Å². The van der Waals surface area contributed by atoms with Gasteiger partial charge in [-0.15, -0.1) is 6.58 Å². The van der Waals surface area contributed by atoms with Crippen molar-refractivity contribution in [3.63, 3.8) is 0 Å². The molecule has 8 heteroatoms. The fourth-order valence-corrected chi connectivity index (χ4v) is 4.20. The van der Waals surface area contributed by atoms with Crippen molar-refractivity contribution in [2.45, 2.75) is 32.2 Å². The smallest absolute Gasteiger partial charge is 0.134 e. The van der Waals surface area contributed by atoms with Crippen molar-refractivity contribution in [3.8, 4) is 0 Å². The van der Waals surface area contributed by atoms with Gasteiger partial charge >= 0.3 is 0 Å². The van der Waals surface area contributed by atoms with Gasteiger partial charge in [0.2, 0.25) is 0 Å². The van der Waals surface area contributed by atoms with E-state index in [1.165, 1.54) is 0 Å². The molecule has 0 spiro atoms. The number of anilines is 3. The number of unbranched alkanes of at least 4 members (excludes halogenated alkanes) is 1. The van der Waals surface area contributed by atoms with Crippen LogP contribution in [0.25, 0.3) is 5.70 Å². The number of allylic oxidation sites excluding steroid dienone is 1. The van der Waals surface area contributed by atoms with Crippen molar-refractivity contribution in [2.24, 2.45) is 0 Å². The average Bonchev–Trinajstić information content (AvgIpc) is 2.89. The first kappa shape index (κ1) is 27.5. The number of pyridine rings is 2. The van der Waals surface area contributed by atoms with Crippen LogP contribution < -0.4 is 21.7 Å². The number of benzene rings is 1. The zero-order valence-electron chi connectivity index (χ0n) is 21.2. The SMILES string of the molecule is C=CCCCC(CNC=C)Nc1c(C)cnc(N)c1C(=N)c1ccc(C(=C)Nc2ccccn2)cc1Cl. The maximum Gasteiger partial charge on any atom is 0.134 e. The van der Waals surface area contributed by atoms with Gasteiger partial charge in [0, 0.05) is 36.2 Å². The van der Waals surface area contributed by atoms with Gasteiger partial charge in [0.25, 0.3) is 0 Å². The minimum absolute atomic E-state index is 0.0869. The number of rotatable bonds is 14. The summed E-state index contributed by atoms with van der Waals surface area (Å²) in [6.07, 6.45) is 9.83. The summed E-state index contributed by atoms with van der Waals surface area (Å²) in [5.41, 5.74) is 10.7. The highest BCUT2D eigenvalue weighted by Crippen LogP contribution is 2.31. The zero-order valence-corrected chi connectivity index (χ0v) is 21.9. The third-order valence-corrected chi connectivity index (χ3v) is 6.21. The van der Waals surface area contributed by atoms with Crippen LogP contribution in [0, 0.1) is 12.3 Å². The van der Waals surface area contributed by atoms with Crippen LogP contribution in [0.2, 0.25) is 5.02 Å². The minimum Gasteiger partial charge on any atom is -0.389 e. The normalized spacial score (nSPS) is 11.3. The number of hydrogen-bond donors (Lipinski definition) is 5. The lowest BCUT2D eigenvalue weighted by molar-refractivity contribution is 0.597. The van der Waals surface area contributed by atoms with Gasteiger partial charge in [-0.05, 0) is 61.7 Å². The Balaban J connectivity index is 1.90. The van der Waals surface area contributed by atoms with Crippen molar-refractivity contribution in [1.82, 2.24) is 15.3 Å². The quantitative estimate of drug-likeness (QED) is 0.0965. The number of hydrogen-bond acceptors (Lipinski definition) is 7. The molecule has 0 saturated carbocycles. The van der Waals surface area contributed by atoms with Gasteiger partial charge in [0.05, 0.1) is 22.0 Å². The molecule has 0 aliphatic rings. The molecule has 0 bridgehead atoms. The highest BCUT2D eigenvalue weighted by molar-refractivity contribution is 6.36. The molecular weight excluding hydrogens is 482 g/mol. The number of aryl methyl sites for hydroxylation is 1. The number of halogens is 1. The summed E-state index contributed by atoms with van der Waals surface area (Å²) < 4.78 is 0. The van der Waals surface area contributed by atoms with Crippen LogP contribution in [-0.2, 0) is 0 Å². The maximum absolute atomic E-state index is 9.06. The first-order chi connectivity index (χ1) is 17.8. The van der Waals surface area contributed by atoms with E-state index in [0.717, 1.165) is 36.1 Å². The van der Waals surface area contributed by atoms with E-state index in [2.05, 4.69) is 45.7 Å². The van der Waals surface area contributed by atoms with Crippen molar-refractivity contribution in [1.29, 1.82) is 5.41 Å². The van der Waals surface area contributed by atoms with Crippen molar-refractivity contribution >= 4 is 40.3 Å². The van der Waals surface area contributed by atoms with Crippen LogP contribution in [0.1, 0.15) is 41.5 Å². The first-order valence-electron chi connectivity index (χ1n) is 12.1. The number of aromatic nitrogens is 2. The van der Waals surface area contributed by atoms with Gasteiger partial charge in [-0.1, -0.05) is 49.0 Å². The molecule has 0 aliphatic carbocycles. The topological polar surface area (TPSA) is 112 Å². The summed E-state index contributed by atoms with van der Waals surface area (Å²) in [4.78, 5) is 8.59. The fourth-order valence-electron chi connectivity index (χ4n) is 3.93. The number of nitrogens with zero attached hydrogens (tertiary/aromatic N) is 2. The molecule has 6 N–H and O–H groups in total. The van der Waals surface area contributed by atoms with Crippen LogP contribution >= 0.6 is 11.6 Å². The third kappa shape index (κ3) is 7.21. The van der Waals surface area contributed by atoms with Crippen LogP contribution in [0.4, 0.5) is 17.3 Å². The van der Waals surface area contributed by atoms with Crippen molar-refractivity contribution in [2.75, 3.05) is 22.9 Å². The molecule has 1 aromatic carbocycles. The summed E-state index contributed by atoms with van der Waals surface area (Å²) >= 11 is 6.69. The van der Waals surface area contributed by atoms with E-state index in [4.69, 9.17) is 22.7 Å². The largest absolute Gasteiger partial charge is 0.389 e. The highest BCUT2D eigenvalue weighted by atomic mass is 35.5. The minimum atomic E-state index is 0.0869. The average molecular weight is 516 g/mol. The van der Waals surface area contributed by atoms with E-state index in [9.17, 15) is 0 Å². The Labute approximate surface area is 224 Å². The monoisotopic (exact) mass is 515 g/mol. The van der Waals surface area contributed by atoms with E-state index >= 15 is 0 Å². The molecule has 3 rings (SSSR count). The van der Waals surface area contributed by atoms with Gasteiger partial charge < -0.3 is 21.7 Å². The van der Waals surface area contributed by atoms with Gasteiger partial charge in [0.1, 0.15) is 11.6 Å². The molecule has 2 aromatic heterocycles. The van der Waals surface area contributed by atoms with Gasteiger partial charge in [-0.3, -0.25) is 5.41 Å². The molecule has 0 radical (unpaired) electrons. The number of nitrogens with one attached hydrogen (secondary N) is 4. The van der Waals surface area contributed by atoms with E-state index in [1.807, 2.05) is 37.3 Å². The molecule has 7 nitrogen and oxygen atoms in total. The Kier molecular flexibility index (Phi) is 9.86. The van der Waals surface area contributed by atoms with E-state index in [1.54, 1.807) is 30.7 Å². The Bertz CT molecular complexity index is 1270. The second-order valence-corrected chi connectivity index (χ2v) is 9.05. The van der Waals surface area contributed by atoms with E-state index in [-0.39, 0.29) is 17.6 Å². The Hall–Kier alpha value is -4.10. The molecular formula is C29H34ClN7. The van der Waals surface area contributed by atoms with Crippen molar-refractivity contribution in [3.05, 3.63) is 108 Å². The standard InChI is InChI=1S/C29H34ClN7/c1-5-7-8-11-22(18-33-6-2)37-28-19(3)17-35-29(32)26(28)27(31)23-14-13-21(16-24(23)30)20(4)36-25-12-9-10-15-34-25/h5-6,9-10,12-17,22,31,33H,1-2,4,7-8,11,18H2,3H3,(H,34,36)(H3,32,35,37). The molecule has 2 heterocycles. The van der Waals surface area contributed by atoms with Crippen molar-refractivity contribution < 1.29 is 0 Å². The molecule has 3 aromatic rings. The molecule has 192 valence electrons. The number of nitrogens with two attached hydrogens (primary N) is 1. The molecule has 0 saturated heterocycles. The molecule has 1 atom stereocenters. The Morgan fingerprint density at radius 3 is 2.70 bits per heavy atom. The highest BCUT2D eigenvalue weighted by Gasteiger charge is 2.21. The summed E-state index contributed by atoms with van der Waals surface area (Å²) in [5.74, 6) is 0.948. The fraction of sp³-hybridized carbons (Fsp3) is 0.207. The lowest BCUT2D eigenvalue weighted by Gasteiger charge is -2.24. The summed E-state index contributed by atoms with van der Waals surface area (Å²) in [6.45, 7) is 14.3. The second-order valence-electron chi connectivity index (χ2n) is 8.64. The summed E-state index contributed by atoms with van der Waals surface area (Å²) in [5, 5.41) is 19.4. The molecule has 0 amide bonds. The van der Waals surface area contributed by atoms with Gasteiger partial charge in [0.15, 0.2) is 0 Å². The summed E-state index contributed by atoms with van der Waals surface area (Å²) in [7, 11) is 0. The number of nitrogen functional groups attached to an aromatic ring is 1. The van der Waals surface area contributed by atoms with Crippen LogP contribution in [-0.4, -0.2) is 28.3 Å². The predicted octanol–water partition coefficient (Wildman–Crippen LogP) is 6.39. The second kappa shape index (κ2) is 13.3. The zero-order chi connectivity index (χ0) is 26.8.